The van der Waals surface area contributed by atoms with Crippen molar-refractivity contribution in [2.24, 2.45) is 10.2 Å². The Morgan fingerprint density at radius 2 is 2.10 bits per heavy atom. The lowest BCUT2D eigenvalue weighted by molar-refractivity contribution is 1.13. The van der Waals surface area contributed by atoms with E-state index >= 15 is 0 Å². The molecule has 56 valence electrons. The molecule has 0 aromatic rings. The molecular weight excluding hydrogens is 124 g/mol. The van der Waals surface area contributed by atoms with Gasteiger partial charge in [-0.3, -0.25) is 0 Å². The Morgan fingerprint density at radius 3 is 2.80 bits per heavy atom. The van der Waals surface area contributed by atoms with Crippen molar-refractivity contribution in [1.82, 2.24) is 0 Å². The first kappa shape index (κ1) is 9.08. The normalized spacial score (nSPS) is 14.9. The van der Waals surface area contributed by atoms with E-state index in [4.69, 9.17) is 0 Å². The van der Waals surface area contributed by atoms with Crippen molar-refractivity contribution in [2.75, 3.05) is 0 Å². The van der Waals surface area contributed by atoms with Crippen LogP contribution in [0, 0.1) is 0 Å². The Hall–Kier alpha value is -0.920. The number of allylic oxidation sites excluding steroid dienone is 3. The van der Waals surface area contributed by atoms with Gasteiger partial charge in [0.15, 0.2) is 0 Å². The molecule has 0 spiro atoms. The van der Waals surface area contributed by atoms with Crippen LogP contribution in [0.1, 0.15) is 27.2 Å². The molecule has 0 aromatic carbocycles. The van der Waals surface area contributed by atoms with Crippen molar-refractivity contribution in [3.8, 4) is 0 Å². The van der Waals surface area contributed by atoms with E-state index in [1.807, 2.05) is 32.9 Å². The van der Waals surface area contributed by atoms with Gasteiger partial charge in [-0.25, -0.2) is 0 Å². The van der Waals surface area contributed by atoms with Crippen molar-refractivity contribution < 1.29 is 0 Å². The first-order chi connectivity index (χ1) is 4.89. The lowest BCUT2D eigenvalue weighted by Gasteiger charge is -1.80. The molecule has 0 saturated carbocycles. The minimum Gasteiger partial charge on any atom is -0.159 e. The fourth-order valence-electron chi connectivity index (χ4n) is 0.512. The van der Waals surface area contributed by atoms with Gasteiger partial charge in [0.1, 0.15) is 0 Å². The average molecular weight is 138 g/mol. The number of nitrogens with zero attached hydrogens (tertiary/aromatic N) is 2. The fraction of sp³-hybridized carbons (Fsp3) is 0.500. The third-order valence-corrected chi connectivity index (χ3v) is 0.937. The summed E-state index contributed by atoms with van der Waals surface area (Å²) in [5, 5.41) is 7.55. The molecule has 1 aliphatic rings. The molecule has 1 heterocycles. The molecule has 0 radical (unpaired) electrons. The van der Waals surface area contributed by atoms with Gasteiger partial charge in [0.05, 0.1) is 5.70 Å². The van der Waals surface area contributed by atoms with E-state index in [1.165, 1.54) is 0 Å². The minimum atomic E-state index is 0.957. The molecule has 10 heavy (non-hydrogen) atoms. The second-order valence-electron chi connectivity index (χ2n) is 1.68. The second kappa shape index (κ2) is 6.20. The molecular formula is C8H14N2. The van der Waals surface area contributed by atoms with Crippen molar-refractivity contribution in [3.63, 3.8) is 0 Å². The summed E-state index contributed by atoms with van der Waals surface area (Å²) < 4.78 is 0. The number of hydrogen-bond acceptors (Lipinski definition) is 2. The van der Waals surface area contributed by atoms with E-state index in [9.17, 15) is 0 Å². The average Bonchev–Trinajstić information content (AvgIpc) is 2.21. The van der Waals surface area contributed by atoms with E-state index in [1.54, 1.807) is 6.20 Å². The minimum absolute atomic E-state index is 0.957. The molecule has 0 aromatic heterocycles. The van der Waals surface area contributed by atoms with Crippen molar-refractivity contribution in [1.29, 1.82) is 0 Å². The summed E-state index contributed by atoms with van der Waals surface area (Å²) in [5.41, 5.74) is 0.995. The van der Waals surface area contributed by atoms with Crippen LogP contribution in [0.5, 0.6) is 0 Å². The Bertz CT molecular complexity index is 152. The van der Waals surface area contributed by atoms with Crippen LogP contribution in [-0.4, -0.2) is 0 Å². The Labute approximate surface area is 62.4 Å². The third-order valence-electron chi connectivity index (χ3n) is 0.937. The predicted octanol–water partition coefficient (Wildman–Crippen LogP) is 3.29. The van der Waals surface area contributed by atoms with Gasteiger partial charge in [0, 0.05) is 6.20 Å². The topological polar surface area (TPSA) is 24.7 Å². The zero-order valence-electron chi connectivity index (χ0n) is 6.83. The molecule has 1 aliphatic heterocycles. The molecule has 0 amide bonds. The molecule has 0 N–H and O–H groups in total. The largest absolute Gasteiger partial charge is 0.159 e. The fourth-order valence-corrected chi connectivity index (χ4v) is 0.512. The molecule has 0 aliphatic carbocycles. The third kappa shape index (κ3) is 4.01. The van der Waals surface area contributed by atoms with Gasteiger partial charge in [-0.15, -0.1) is 0 Å². The van der Waals surface area contributed by atoms with Gasteiger partial charge in [0.2, 0.25) is 0 Å². The van der Waals surface area contributed by atoms with Crippen LogP contribution in [0.4, 0.5) is 0 Å². The molecule has 0 atom stereocenters. The molecule has 0 bridgehead atoms. The maximum atomic E-state index is 3.82. The molecule has 2 nitrogen and oxygen atoms in total. The highest BCUT2D eigenvalue weighted by Gasteiger charge is 1.83. The van der Waals surface area contributed by atoms with Crippen LogP contribution >= 0.6 is 0 Å². The highest BCUT2D eigenvalue weighted by atomic mass is 15.1. The van der Waals surface area contributed by atoms with Crippen molar-refractivity contribution in [2.45, 2.75) is 27.2 Å². The standard InChI is InChI=1S/C6H8N2.C2H6/c1-6-4-2-3-5-7-8-6;1-2/h3-5H,2H2,1H3;1-2H3. The summed E-state index contributed by atoms with van der Waals surface area (Å²) in [4.78, 5) is 0. The summed E-state index contributed by atoms with van der Waals surface area (Å²) in [6.45, 7) is 5.94. The highest BCUT2D eigenvalue weighted by Crippen LogP contribution is 2.02. The molecule has 0 unspecified atom stereocenters. The molecule has 0 fully saturated rings. The van der Waals surface area contributed by atoms with E-state index in [2.05, 4.69) is 10.2 Å². The van der Waals surface area contributed by atoms with Crippen LogP contribution in [-0.2, 0) is 0 Å². The number of rotatable bonds is 0. The first-order valence-electron chi connectivity index (χ1n) is 3.62. The van der Waals surface area contributed by atoms with E-state index in [0.29, 0.717) is 0 Å². The first-order valence-corrected chi connectivity index (χ1v) is 3.62. The Morgan fingerprint density at radius 1 is 1.40 bits per heavy atom. The van der Waals surface area contributed by atoms with Crippen molar-refractivity contribution >= 4 is 0 Å². The maximum Gasteiger partial charge on any atom is 0.0563 e. The van der Waals surface area contributed by atoms with Gasteiger partial charge >= 0.3 is 0 Å². The second-order valence-corrected chi connectivity index (χ2v) is 1.68. The van der Waals surface area contributed by atoms with Crippen molar-refractivity contribution in [3.05, 3.63) is 24.0 Å². The van der Waals surface area contributed by atoms with Crippen LogP contribution in [0.15, 0.2) is 34.3 Å². The smallest absolute Gasteiger partial charge is 0.0563 e. The lowest BCUT2D eigenvalue weighted by atomic mass is 10.3. The summed E-state index contributed by atoms with van der Waals surface area (Å²) in [6.07, 6.45) is 6.68. The summed E-state index contributed by atoms with van der Waals surface area (Å²) in [5.74, 6) is 0. The van der Waals surface area contributed by atoms with Crippen LogP contribution in [0.2, 0.25) is 0 Å². The van der Waals surface area contributed by atoms with E-state index in [-0.39, 0.29) is 0 Å². The SMILES string of the molecule is CC.CC1=CCC=CN=N1. The van der Waals surface area contributed by atoms with Gasteiger partial charge in [-0.1, -0.05) is 26.0 Å². The van der Waals surface area contributed by atoms with Crippen LogP contribution in [0.3, 0.4) is 0 Å². The number of azo groups is 1. The van der Waals surface area contributed by atoms with Gasteiger partial charge in [0.25, 0.3) is 0 Å². The number of hydrogen-bond donors (Lipinski definition) is 0. The summed E-state index contributed by atoms with van der Waals surface area (Å²) in [6, 6.07) is 0. The van der Waals surface area contributed by atoms with Gasteiger partial charge in [-0.05, 0) is 13.3 Å². The van der Waals surface area contributed by atoms with Crippen LogP contribution < -0.4 is 0 Å². The van der Waals surface area contributed by atoms with E-state index in [0.717, 1.165) is 12.1 Å². The summed E-state index contributed by atoms with van der Waals surface area (Å²) >= 11 is 0. The molecule has 0 saturated heterocycles. The molecule has 1 rings (SSSR count). The van der Waals surface area contributed by atoms with Gasteiger partial charge < -0.3 is 0 Å². The Balaban J connectivity index is 0.000000371. The highest BCUT2D eigenvalue weighted by molar-refractivity contribution is 5.02. The quantitative estimate of drug-likeness (QED) is 0.490. The van der Waals surface area contributed by atoms with Gasteiger partial charge in [-0.2, -0.15) is 10.2 Å². The monoisotopic (exact) mass is 138 g/mol. The Kier molecular flexibility index (Phi) is 5.63. The molecule has 2 heteroatoms. The van der Waals surface area contributed by atoms with E-state index < -0.39 is 0 Å². The zero-order chi connectivity index (χ0) is 7.82. The maximum absolute atomic E-state index is 3.82. The zero-order valence-corrected chi connectivity index (χ0v) is 6.83. The lowest BCUT2D eigenvalue weighted by Crippen LogP contribution is -1.61. The van der Waals surface area contributed by atoms with Crippen LogP contribution in [0.25, 0.3) is 0 Å². The summed E-state index contributed by atoms with van der Waals surface area (Å²) in [7, 11) is 0. The predicted molar refractivity (Wildman–Crippen MR) is 43.7 cm³/mol.